The second-order valence-corrected chi connectivity index (χ2v) is 5.68. The Morgan fingerprint density at radius 2 is 2.20 bits per heavy atom. The van der Waals surface area contributed by atoms with Crippen LogP contribution in [0.3, 0.4) is 0 Å². The second-order valence-electron chi connectivity index (χ2n) is 4.59. The Kier molecular flexibility index (Phi) is 4.36. The third kappa shape index (κ3) is 3.13. The molecule has 1 aliphatic carbocycles. The topological polar surface area (TPSA) is 24.4 Å². The maximum absolute atomic E-state index is 4.56. The van der Waals surface area contributed by atoms with Crippen LogP contribution in [0.4, 0.5) is 0 Å². The first kappa shape index (κ1) is 11.3. The third-order valence-corrected chi connectivity index (χ3v) is 4.55. The predicted molar refractivity (Wildman–Crippen MR) is 68.5 cm³/mol. The molecular formula is C12H22N2S. The number of aliphatic imine (C=N–C) groups is 1. The molecule has 0 aromatic heterocycles. The van der Waals surface area contributed by atoms with Gasteiger partial charge in [-0.2, -0.15) is 0 Å². The van der Waals surface area contributed by atoms with E-state index < -0.39 is 0 Å². The van der Waals surface area contributed by atoms with Gasteiger partial charge in [0, 0.05) is 18.3 Å². The molecule has 1 saturated carbocycles. The Hall–Kier alpha value is -0.180. The molecule has 0 amide bonds. The van der Waals surface area contributed by atoms with E-state index in [1.807, 2.05) is 11.8 Å². The lowest BCUT2D eigenvalue weighted by Gasteiger charge is -2.32. The van der Waals surface area contributed by atoms with Crippen molar-refractivity contribution in [1.82, 2.24) is 5.32 Å². The minimum Gasteiger partial charge on any atom is -0.362 e. The summed E-state index contributed by atoms with van der Waals surface area (Å²) in [5.74, 6) is 2.12. The van der Waals surface area contributed by atoms with Gasteiger partial charge in [-0.1, -0.05) is 37.9 Å². The van der Waals surface area contributed by atoms with E-state index in [1.165, 1.54) is 49.4 Å². The van der Waals surface area contributed by atoms with Crippen LogP contribution in [0.1, 0.15) is 45.4 Å². The molecular weight excluding hydrogens is 204 g/mol. The SMILES string of the molecule is CCC1CCCCC1NC1=NCCCS1. The highest BCUT2D eigenvalue weighted by atomic mass is 32.2. The molecule has 2 nitrogen and oxygen atoms in total. The van der Waals surface area contributed by atoms with Crippen molar-refractivity contribution in [2.75, 3.05) is 12.3 Å². The van der Waals surface area contributed by atoms with E-state index in [2.05, 4.69) is 17.2 Å². The lowest BCUT2D eigenvalue weighted by Crippen LogP contribution is -2.41. The number of hydrogen-bond acceptors (Lipinski definition) is 3. The molecule has 2 rings (SSSR count). The van der Waals surface area contributed by atoms with Gasteiger partial charge in [0.1, 0.15) is 0 Å². The van der Waals surface area contributed by atoms with Gasteiger partial charge < -0.3 is 5.32 Å². The normalized spacial score (nSPS) is 32.2. The average molecular weight is 226 g/mol. The van der Waals surface area contributed by atoms with Crippen LogP contribution < -0.4 is 5.32 Å². The zero-order valence-corrected chi connectivity index (χ0v) is 10.5. The molecule has 15 heavy (non-hydrogen) atoms. The number of nitrogens with one attached hydrogen (secondary N) is 1. The van der Waals surface area contributed by atoms with Gasteiger partial charge in [0.15, 0.2) is 5.17 Å². The molecule has 0 aromatic rings. The van der Waals surface area contributed by atoms with E-state index >= 15 is 0 Å². The number of thioether (sulfide) groups is 1. The molecule has 0 spiro atoms. The molecule has 1 heterocycles. The molecule has 1 aliphatic heterocycles. The van der Waals surface area contributed by atoms with Gasteiger partial charge in [-0.05, 0) is 25.2 Å². The molecule has 0 bridgehead atoms. The molecule has 2 atom stereocenters. The molecule has 3 heteroatoms. The number of amidine groups is 1. The lowest BCUT2D eigenvalue weighted by atomic mass is 9.83. The van der Waals surface area contributed by atoms with Crippen molar-refractivity contribution < 1.29 is 0 Å². The van der Waals surface area contributed by atoms with Crippen molar-refractivity contribution in [1.29, 1.82) is 0 Å². The van der Waals surface area contributed by atoms with Crippen LogP contribution in [0, 0.1) is 5.92 Å². The zero-order chi connectivity index (χ0) is 10.5. The fourth-order valence-corrected chi connectivity index (χ4v) is 3.48. The lowest BCUT2D eigenvalue weighted by molar-refractivity contribution is 0.281. The van der Waals surface area contributed by atoms with Gasteiger partial charge in [-0.25, -0.2) is 0 Å². The number of nitrogens with zero attached hydrogens (tertiary/aromatic N) is 1. The van der Waals surface area contributed by atoms with Crippen LogP contribution >= 0.6 is 11.8 Å². The molecule has 1 fully saturated rings. The second kappa shape index (κ2) is 5.78. The Balaban J connectivity index is 1.88. The van der Waals surface area contributed by atoms with Gasteiger partial charge in [-0.15, -0.1) is 0 Å². The zero-order valence-electron chi connectivity index (χ0n) is 9.67. The summed E-state index contributed by atoms with van der Waals surface area (Å²) >= 11 is 1.91. The fraction of sp³-hybridized carbons (Fsp3) is 0.917. The van der Waals surface area contributed by atoms with E-state index in [1.54, 1.807) is 0 Å². The third-order valence-electron chi connectivity index (χ3n) is 3.54. The van der Waals surface area contributed by atoms with Gasteiger partial charge >= 0.3 is 0 Å². The van der Waals surface area contributed by atoms with Crippen molar-refractivity contribution in [3.8, 4) is 0 Å². The average Bonchev–Trinajstić information content (AvgIpc) is 2.31. The van der Waals surface area contributed by atoms with Crippen LogP contribution in [-0.2, 0) is 0 Å². The summed E-state index contributed by atoms with van der Waals surface area (Å²) in [4.78, 5) is 4.56. The molecule has 2 unspecified atom stereocenters. The van der Waals surface area contributed by atoms with E-state index in [9.17, 15) is 0 Å². The van der Waals surface area contributed by atoms with Crippen molar-refractivity contribution in [3.05, 3.63) is 0 Å². The Labute approximate surface area is 97.3 Å². The minimum absolute atomic E-state index is 0.702. The summed E-state index contributed by atoms with van der Waals surface area (Å²) < 4.78 is 0. The van der Waals surface area contributed by atoms with Crippen molar-refractivity contribution in [2.45, 2.75) is 51.5 Å². The molecule has 86 valence electrons. The van der Waals surface area contributed by atoms with Crippen LogP contribution in [0.15, 0.2) is 4.99 Å². The van der Waals surface area contributed by atoms with Gasteiger partial charge in [-0.3, -0.25) is 4.99 Å². The van der Waals surface area contributed by atoms with Crippen molar-refractivity contribution >= 4 is 16.9 Å². The summed E-state index contributed by atoms with van der Waals surface area (Å²) in [6.45, 7) is 3.35. The van der Waals surface area contributed by atoms with E-state index in [-0.39, 0.29) is 0 Å². The van der Waals surface area contributed by atoms with Gasteiger partial charge in [0.05, 0.1) is 0 Å². The van der Waals surface area contributed by atoms with E-state index in [0.29, 0.717) is 6.04 Å². The Morgan fingerprint density at radius 3 is 2.93 bits per heavy atom. The summed E-state index contributed by atoms with van der Waals surface area (Å²) in [5, 5.41) is 4.89. The molecule has 1 N–H and O–H groups in total. The van der Waals surface area contributed by atoms with Gasteiger partial charge in [0.25, 0.3) is 0 Å². The number of rotatable bonds is 2. The maximum atomic E-state index is 4.56. The van der Waals surface area contributed by atoms with Crippen LogP contribution in [0.2, 0.25) is 0 Å². The van der Waals surface area contributed by atoms with E-state index in [4.69, 9.17) is 0 Å². The fourth-order valence-electron chi connectivity index (χ4n) is 2.59. The van der Waals surface area contributed by atoms with E-state index in [0.717, 1.165) is 12.5 Å². The first-order chi connectivity index (χ1) is 7.40. The first-order valence-electron chi connectivity index (χ1n) is 6.34. The van der Waals surface area contributed by atoms with Crippen LogP contribution in [0.25, 0.3) is 0 Å². The quantitative estimate of drug-likeness (QED) is 0.782. The van der Waals surface area contributed by atoms with Crippen molar-refractivity contribution in [2.24, 2.45) is 10.9 Å². The Bertz CT molecular complexity index is 228. The molecule has 0 saturated heterocycles. The largest absolute Gasteiger partial charge is 0.362 e. The van der Waals surface area contributed by atoms with Gasteiger partial charge in [0.2, 0.25) is 0 Å². The maximum Gasteiger partial charge on any atom is 0.156 e. The summed E-state index contributed by atoms with van der Waals surface area (Å²) in [7, 11) is 0. The molecule has 0 aromatic carbocycles. The number of hydrogen-bond donors (Lipinski definition) is 1. The highest BCUT2D eigenvalue weighted by Crippen LogP contribution is 2.27. The van der Waals surface area contributed by atoms with Crippen molar-refractivity contribution in [3.63, 3.8) is 0 Å². The monoisotopic (exact) mass is 226 g/mol. The van der Waals surface area contributed by atoms with Crippen LogP contribution in [-0.4, -0.2) is 23.5 Å². The highest BCUT2D eigenvalue weighted by Gasteiger charge is 2.24. The first-order valence-corrected chi connectivity index (χ1v) is 7.32. The van der Waals surface area contributed by atoms with Crippen LogP contribution in [0.5, 0.6) is 0 Å². The minimum atomic E-state index is 0.702. The summed E-state index contributed by atoms with van der Waals surface area (Å²) in [6, 6.07) is 0.702. The molecule has 2 aliphatic rings. The summed E-state index contributed by atoms with van der Waals surface area (Å²) in [5.41, 5.74) is 0. The standard InChI is InChI=1S/C12H22N2S/c1-2-10-6-3-4-7-11(10)14-12-13-8-5-9-15-12/h10-11H,2-9H2,1H3,(H,13,14). The summed E-state index contributed by atoms with van der Waals surface area (Å²) in [6.07, 6.45) is 8.14. The Morgan fingerprint density at radius 1 is 1.33 bits per heavy atom. The molecule has 0 radical (unpaired) electrons. The smallest absolute Gasteiger partial charge is 0.156 e. The highest BCUT2D eigenvalue weighted by molar-refractivity contribution is 8.13. The predicted octanol–water partition coefficient (Wildman–Crippen LogP) is 3.04.